The summed E-state index contributed by atoms with van der Waals surface area (Å²) >= 11 is 0. The van der Waals surface area contributed by atoms with E-state index in [0.717, 1.165) is 12.8 Å². The lowest BCUT2D eigenvalue weighted by Gasteiger charge is -2.32. The molecule has 3 heteroatoms. The molecule has 1 amide bonds. The summed E-state index contributed by atoms with van der Waals surface area (Å²) in [4.78, 5) is 12.2. The van der Waals surface area contributed by atoms with Crippen molar-refractivity contribution in [3.05, 3.63) is 12.7 Å². The molecule has 1 heterocycles. The van der Waals surface area contributed by atoms with Gasteiger partial charge >= 0.3 is 0 Å². The minimum atomic E-state index is -0.415. The summed E-state index contributed by atoms with van der Waals surface area (Å²) in [6.07, 6.45) is 3.30. The lowest BCUT2D eigenvalue weighted by Crippen LogP contribution is -2.50. The predicted octanol–water partition coefficient (Wildman–Crippen LogP) is 2.27. The molecular formula is C13H23NO2. The third-order valence-corrected chi connectivity index (χ3v) is 3.04. The minimum absolute atomic E-state index is 0.0349. The highest BCUT2D eigenvalue weighted by molar-refractivity contribution is 5.83. The number of hydrogen-bond donors (Lipinski definition) is 1. The van der Waals surface area contributed by atoms with Crippen LogP contribution in [-0.4, -0.2) is 24.2 Å². The Morgan fingerprint density at radius 1 is 1.62 bits per heavy atom. The molecule has 1 fully saturated rings. The molecule has 16 heavy (non-hydrogen) atoms. The highest BCUT2D eigenvalue weighted by atomic mass is 16.5. The Bertz CT molecular complexity index is 280. The molecule has 1 N–H and O–H groups in total. The van der Waals surface area contributed by atoms with E-state index in [1.807, 2.05) is 33.8 Å². The molecule has 0 aromatic carbocycles. The van der Waals surface area contributed by atoms with E-state index in [1.54, 1.807) is 0 Å². The largest absolute Gasteiger partial charge is 0.377 e. The van der Waals surface area contributed by atoms with Crippen LogP contribution in [0.2, 0.25) is 0 Å². The summed E-state index contributed by atoms with van der Waals surface area (Å²) in [5.74, 6) is 0.0874. The van der Waals surface area contributed by atoms with Crippen LogP contribution < -0.4 is 5.32 Å². The van der Waals surface area contributed by atoms with Crippen molar-refractivity contribution in [2.24, 2.45) is 5.41 Å². The number of ether oxygens (including phenoxy) is 1. The SMILES string of the molecule is C=CC[C@H]1OCC[C@@]1(C)C(=O)NC(C)(C)C. The van der Waals surface area contributed by atoms with Crippen molar-refractivity contribution in [2.45, 2.75) is 52.2 Å². The Kier molecular flexibility index (Phi) is 3.79. The standard InChI is InChI=1S/C13H23NO2/c1-6-7-10-13(5,8-9-16-10)11(15)14-12(2,3)4/h6,10H,1,7-9H2,2-5H3,(H,14,15)/t10-,13-/m1/s1. The summed E-state index contributed by atoms with van der Waals surface area (Å²) in [6, 6.07) is 0. The fraction of sp³-hybridized carbons (Fsp3) is 0.769. The second-order valence-corrected chi connectivity index (χ2v) is 5.76. The van der Waals surface area contributed by atoms with E-state index in [9.17, 15) is 4.79 Å². The highest BCUT2D eigenvalue weighted by Gasteiger charge is 2.46. The van der Waals surface area contributed by atoms with Crippen molar-refractivity contribution in [1.29, 1.82) is 0 Å². The third-order valence-electron chi connectivity index (χ3n) is 3.04. The molecule has 0 aromatic heterocycles. The zero-order chi connectivity index (χ0) is 12.4. The maximum absolute atomic E-state index is 12.2. The number of amides is 1. The molecule has 0 spiro atoms. The molecule has 3 nitrogen and oxygen atoms in total. The second kappa shape index (κ2) is 4.58. The maximum atomic E-state index is 12.2. The van der Waals surface area contributed by atoms with Crippen LogP contribution in [0.1, 0.15) is 40.5 Å². The summed E-state index contributed by atoms with van der Waals surface area (Å²) in [5.41, 5.74) is -0.608. The van der Waals surface area contributed by atoms with Gasteiger partial charge in [-0.3, -0.25) is 4.79 Å². The van der Waals surface area contributed by atoms with Crippen LogP contribution in [0.4, 0.5) is 0 Å². The first-order valence-electron chi connectivity index (χ1n) is 5.85. The monoisotopic (exact) mass is 225 g/mol. The van der Waals surface area contributed by atoms with Crippen molar-refractivity contribution >= 4 is 5.91 Å². The first-order chi connectivity index (χ1) is 7.29. The van der Waals surface area contributed by atoms with E-state index in [1.165, 1.54) is 0 Å². The lowest BCUT2D eigenvalue weighted by atomic mass is 9.80. The molecule has 2 atom stereocenters. The van der Waals surface area contributed by atoms with Gasteiger partial charge in [-0.05, 0) is 40.5 Å². The number of nitrogens with one attached hydrogen (secondary N) is 1. The van der Waals surface area contributed by atoms with Gasteiger partial charge in [-0.2, -0.15) is 0 Å². The lowest BCUT2D eigenvalue weighted by molar-refractivity contribution is -0.134. The number of rotatable bonds is 3. The predicted molar refractivity (Wildman–Crippen MR) is 65.2 cm³/mol. The molecule has 0 aromatic rings. The topological polar surface area (TPSA) is 38.3 Å². The first-order valence-corrected chi connectivity index (χ1v) is 5.85. The number of hydrogen-bond acceptors (Lipinski definition) is 2. The van der Waals surface area contributed by atoms with Gasteiger partial charge in [0.15, 0.2) is 0 Å². The molecule has 1 rings (SSSR count). The van der Waals surface area contributed by atoms with E-state index >= 15 is 0 Å². The Morgan fingerprint density at radius 2 is 2.25 bits per heavy atom. The normalized spacial score (nSPS) is 30.1. The zero-order valence-electron chi connectivity index (χ0n) is 10.8. The van der Waals surface area contributed by atoms with Crippen LogP contribution >= 0.6 is 0 Å². The second-order valence-electron chi connectivity index (χ2n) is 5.76. The molecule has 92 valence electrons. The van der Waals surface area contributed by atoms with Gasteiger partial charge in [0.05, 0.1) is 11.5 Å². The summed E-state index contributed by atoms with van der Waals surface area (Å²) in [7, 11) is 0. The number of carbonyl (C=O) groups is 1. The average molecular weight is 225 g/mol. The van der Waals surface area contributed by atoms with Crippen LogP contribution in [0.3, 0.4) is 0 Å². The molecule has 0 aliphatic carbocycles. The van der Waals surface area contributed by atoms with Crippen LogP contribution in [0.5, 0.6) is 0 Å². The minimum Gasteiger partial charge on any atom is -0.377 e. The average Bonchev–Trinajstić information content (AvgIpc) is 2.47. The number of carbonyl (C=O) groups excluding carboxylic acids is 1. The Hall–Kier alpha value is -0.830. The molecule has 0 unspecified atom stereocenters. The third kappa shape index (κ3) is 2.85. The van der Waals surface area contributed by atoms with Gasteiger partial charge in [-0.25, -0.2) is 0 Å². The van der Waals surface area contributed by atoms with Gasteiger partial charge in [-0.1, -0.05) is 6.08 Å². The van der Waals surface area contributed by atoms with E-state index < -0.39 is 5.41 Å². The Balaban J connectivity index is 2.75. The molecule has 1 saturated heterocycles. The van der Waals surface area contributed by atoms with Crippen LogP contribution in [0, 0.1) is 5.41 Å². The van der Waals surface area contributed by atoms with Gasteiger partial charge in [0.2, 0.25) is 5.91 Å². The van der Waals surface area contributed by atoms with Crippen molar-refractivity contribution in [1.82, 2.24) is 5.32 Å². The van der Waals surface area contributed by atoms with Gasteiger partial charge in [0.25, 0.3) is 0 Å². The molecular weight excluding hydrogens is 202 g/mol. The smallest absolute Gasteiger partial charge is 0.229 e. The quantitative estimate of drug-likeness (QED) is 0.748. The van der Waals surface area contributed by atoms with Gasteiger partial charge < -0.3 is 10.1 Å². The molecule has 1 aliphatic rings. The summed E-state index contributed by atoms with van der Waals surface area (Å²) < 4.78 is 5.61. The van der Waals surface area contributed by atoms with Crippen LogP contribution in [0.25, 0.3) is 0 Å². The van der Waals surface area contributed by atoms with Crippen LogP contribution in [-0.2, 0) is 9.53 Å². The van der Waals surface area contributed by atoms with E-state index in [0.29, 0.717) is 6.61 Å². The molecule has 0 saturated carbocycles. The van der Waals surface area contributed by atoms with Crippen molar-refractivity contribution in [3.63, 3.8) is 0 Å². The van der Waals surface area contributed by atoms with Gasteiger partial charge in [0, 0.05) is 12.1 Å². The molecule has 0 bridgehead atoms. The van der Waals surface area contributed by atoms with Crippen LogP contribution in [0.15, 0.2) is 12.7 Å². The van der Waals surface area contributed by atoms with E-state index in [2.05, 4.69) is 11.9 Å². The van der Waals surface area contributed by atoms with Gasteiger partial charge in [0.1, 0.15) is 0 Å². The maximum Gasteiger partial charge on any atom is 0.229 e. The van der Waals surface area contributed by atoms with E-state index in [4.69, 9.17) is 4.74 Å². The highest BCUT2D eigenvalue weighted by Crippen LogP contribution is 2.37. The molecule has 1 aliphatic heterocycles. The summed E-state index contributed by atoms with van der Waals surface area (Å²) in [6.45, 7) is 12.3. The van der Waals surface area contributed by atoms with Crippen molar-refractivity contribution < 1.29 is 9.53 Å². The zero-order valence-corrected chi connectivity index (χ0v) is 10.8. The Morgan fingerprint density at radius 3 is 2.75 bits per heavy atom. The van der Waals surface area contributed by atoms with Crippen molar-refractivity contribution in [2.75, 3.05) is 6.61 Å². The van der Waals surface area contributed by atoms with Crippen molar-refractivity contribution in [3.8, 4) is 0 Å². The van der Waals surface area contributed by atoms with E-state index in [-0.39, 0.29) is 17.6 Å². The Labute approximate surface area is 98.2 Å². The fourth-order valence-electron chi connectivity index (χ4n) is 1.98. The van der Waals surface area contributed by atoms with Gasteiger partial charge in [-0.15, -0.1) is 6.58 Å². The molecule has 0 radical (unpaired) electrons. The fourth-order valence-corrected chi connectivity index (χ4v) is 1.98. The first kappa shape index (κ1) is 13.2. The summed E-state index contributed by atoms with van der Waals surface area (Å²) in [5, 5.41) is 3.04.